The Kier molecular flexibility index (Phi) is 5.11. The number of ether oxygens (including phenoxy) is 2. The van der Waals surface area contributed by atoms with E-state index in [0.717, 1.165) is 23.7 Å². The standard InChI is InChI=1S/C20H20FN5O3/c1-25-18(9-17(24-25)13-4-3-5-15(8-13)28-2)19(27)26-7-6-16(12-26)29-20-22-10-14(21)11-23-20/h3-5,8-11,16H,6-7,12H2,1-2H3/t16-/m1/s1. The minimum atomic E-state index is -0.524. The fourth-order valence-electron chi connectivity index (χ4n) is 3.27. The molecule has 3 aromatic rings. The summed E-state index contributed by atoms with van der Waals surface area (Å²) in [6.45, 7) is 0.948. The zero-order valence-electron chi connectivity index (χ0n) is 16.1. The van der Waals surface area contributed by atoms with Crippen LogP contribution < -0.4 is 9.47 Å². The number of methoxy groups -OCH3 is 1. The summed E-state index contributed by atoms with van der Waals surface area (Å²) >= 11 is 0. The predicted molar refractivity (Wildman–Crippen MR) is 102 cm³/mol. The first kappa shape index (κ1) is 18.9. The van der Waals surface area contributed by atoms with Crippen molar-refractivity contribution >= 4 is 5.91 Å². The molecule has 0 spiro atoms. The monoisotopic (exact) mass is 397 g/mol. The van der Waals surface area contributed by atoms with Crippen molar-refractivity contribution in [2.24, 2.45) is 7.05 Å². The second kappa shape index (κ2) is 7.86. The first-order chi connectivity index (χ1) is 14.0. The van der Waals surface area contributed by atoms with E-state index < -0.39 is 5.82 Å². The lowest BCUT2D eigenvalue weighted by atomic mass is 10.1. The van der Waals surface area contributed by atoms with Gasteiger partial charge in [-0.2, -0.15) is 5.10 Å². The molecule has 1 aromatic carbocycles. The van der Waals surface area contributed by atoms with Crippen LogP contribution in [0.1, 0.15) is 16.9 Å². The van der Waals surface area contributed by atoms with Crippen LogP contribution in [-0.2, 0) is 7.05 Å². The molecule has 1 aliphatic rings. The third kappa shape index (κ3) is 4.03. The third-order valence-electron chi connectivity index (χ3n) is 4.77. The van der Waals surface area contributed by atoms with E-state index in [0.29, 0.717) is 30.9 Å². The Morgan fingerprint density at radius 3 is 2.79 bits per heavy atom. The van der Waals surface area contributed by atoms with Crippen molar-refractivity contribution in [3.05, 3.63) is 54.2 Å². The first-order valence-corrected chi connectivity index (χ1v) is 9.15. The van der Waals surface area contributed by atoms with Crippen LogP contribution in [0.3, 0.4) is 0 Å². The van der Waals surface area contributed by atoms with Crippen LogP contribution in [0.25, 0.3) is 11.3 Å². The van der Waals surface area contributed by atoms with Crippen molar-refractivity contribution < 1.29 is 18.7 Å². The molecule has 1 atom stereocenters. The summed E-state index contributed by atoms with van der Waals surface area (Å²) in [6.07, 6.45) is 2.51. The Labute approximate surface area is 166 Å². The molecule has 0 unspecified atom stereocenters. The second-order valence-electron chi connectivity index (χ2n) is 6.73. The quantitative estimate of drug-likeness (QED) is 0.657. The van der Waals surface area contributed by atoms with Crippen LogP contribution in [0.4, 0.5) is 4.39 Å². The summed E-state index contributed by atoms with van der Waals surface area (Å²) < 4.78 is 25.4. The highest BCUT2D eigenvalue weighted by Crippen LogP contribution is 2.25. The maximum absolute atomic E-state index is 13.0. The Balaban J connectivity index is 1.46. The fraction of sp³-hybridized carbons (Fsp3) is 0.300. The van der Waals surface area contributed by atoms with Crippen LogP contribution in [0.15, 0.2) is 42.7 Å². The fourth-order valence-corrected chi connectivity index (χ4v) is 3.27. The number of benzene rings is 1. The normalized spacial score (nSPS) is 16.1. The molecule has 0 aliphatic carbocycles. The Hall–Kier alpha value is -3.49. The lowest BCUT2D eigenvalue weighted by Crippen LogP contribution is -2.32. The van der Waals surface area contributed by atoms with Gasteiger partial charge in [0, 0.05) is 25.6 Å². The van der Waals surface area contributed by atoms with Crippen molar-refractivity contribution in [3.8, 4) is 23.0 Å². The van der Waals surface area contributed by atoms with Crippen LogP contribution in [0.5, 0.6) is 11.8 Å². The van der Waals surface area contributed by atoms with Gasteiger partial charge in [-0.05, 0) is 18.2 Å². The predicted octanol–water partition coefficient (Wildman–Crippen LogP) is 2.32. The molecule has 2 aromatic heterocycles. The molecule has 3 heterocycles. The highest BCUT2D eigenvalue weighted by Gasteiger charge is 2.30. The lowest BCUT2D eigenvalue weighted by molar-refractivity contribution is 0.0759. The summed E-state index contributed by atoms with van der Waals surface area (Å²) in [5.74, 6) is 0.0764. The average Bonchev–Trinajstić information content (AvgIpc) is 3.36. The molecular formula is C20H20FN5O3. The number of halogens is 1. The smallest absolute Gasteiger partial charge is 0.316 e. The van der Waals surface area contributed by atoms with E-state index in [-0.39, 0.29) is 18.0 Å². The molecule has 4 rings (SSSR count). The third-order valence-corrected chi connectivity index (χ3v) is 4.77. The van der Waals surface area contributed by atoms with Gasteiger partial charge in [0.1, 0.15) is 17.5 Å². The zero-order valence-corrected chi connectivity index (χ0v) is 16.1. The molecular weight excluding hydrogens is 377 g/mol. The highest BCUT2D eigenvalue weighted by molar-refractivity contribution is 5.94. The number of hydrogen-bond donors (Lipinski definition) is 0. The first-order valence-electron chi connectivity index (χ1n) is 9.15. The molecule has 0 bridgehead atoms. The molecule has 1 fully saturated rings. The van der Waals surface area contributed by atoms with Gasteiger partial charge in [0.2, 0.25) is 0 Å². The zero-order chi connectivity index (χ0) is 20.4. The summed E-state index contributed by atoms with van der Waals surface area (Å²) in [5, 5.41) is 4.47. The number of carbonyl (C=O) groups excluding carboxylic acids is 1. The molecule has 1 aliphatic heterocycles. The minimum absolute atomic E-state index is 0.103. The number of aryl methyl sites for hydroxylation is 1. The second-order valence-corrected chi connectivity index (χ2v) is 6.73. The van der Waals surface area contributed by atoms with E-state index in [1.807, 2.05) is 24.3 Å². The molecule has 0 saturated carbocycles. The topological polar surface area (TPSA) is 82.4 Å². The van der Waals surface area contributed by atoms with E-state index in [2.05, 4.69) is 15.1 Å². The van der Waals surface area contributed by atoms with Gasteiger partial charge in [-0.15, -0.1) is 0 Å². The van der Waals surface area contributed by atoms with Crippen molar-refractivity contribution in [1.82, 2.24) is 24.6 Å². The Morgan fingerprint density at radius 2 is 2.03 bits per heavy atom. The molecule has 0 N–H and O–H groups in total. The van der Waals surface area contributed by atoms with E-state index in [9.17, 15) is 9.18 Å². The van der Waals surface area contributed by atoms with Crippen molar-refractivity contribution in [2.45, 2.75) is 12.5 Å². The van der Waals surface area contributed by atoms with Gasteiger partial charge in [0.15, 0.2) is 5.82 Å². The van der Waals surface area contributed by atoms with Crippen molar-refractivity contribution in [1.29, 1.82) is 0 Å². The molecule has 1 saturated heterocycles. The van der Waals surface area contributed by atoms with Gasteiger partial charge in [-0.1, -0.05) is 12.1 Å². The highest BCUT2D eigenvalue weighted by atomic mass is 19.1. The van der Waals surface area contributed by atoms with Gasteiger partial charge < -0.3 is 14.4 Å². The number of aromatic nitrogens is 4. The van der Waals surface area contributed by atoms with E-state index in [4.69, 9.17) is 9.47 Å². The van der Waals surface area contributed by atoms with Crippen LogP contribution in [0.2, 0.25) is 0 Å². The summed E-state index contributed by atoms with van der Waals surface area (Å²) in [5.41, 5.74) is 2.05. The van der Waals surface area contributed by atoms with Crippen LogP contribution in [-0.4, -0.2) is 56.9 Å². The van der Waals surface area contributed by atoms with E-state index in [1.165, 1.54) is 0 Å². The van der Waals surface area contributed by atoms with Gasteiger partial charge in [0.05, 0.1) is 31.7 Å². The van der Waals surface area contributed by atoms with E-state index in [1.54, 1.807) is 29.8 Å². The summed E-state index contributed by atoms with van der Waals surface area (Å²) in [6, 6.07) is 9.40. The molecule has 0 radical (unpaired) electrons. The number of carbonyl (C=O) groups is 1. The van der Waals surface area contributed by atoms with Crippen molar-refractivity contribution in [2.75, 3.05) is 20.2 Å². The average molecular weight is 397 g/mol. The van der Waals surface area contributed by atoms with Crippen LogP contribution in [0, 0.1) is 5.82 Å². The molecule has 150 valence electrons. The number of nitrogens with zero attached hydrogens (tertiary/aromatic N) is 5. The summed E-state index contributed by atoms with van der Waals surface area (Å²) in [4.78, 5) is 22.3. The molecule has 9 heteroatoms. The SMILES string of the molecule is COc1cccc(-c2cc(C(=O)N3CC[C@@H](Oc4ncc(F)cn4)C3)n(C)n2)c1. The van der Waals surface area contributed by atoms with E-state index >= 15 is 0 Å². The van der Waals surface area contributed by atoms with Crippen molar-refractivity contribution in [3.63, 3.8) is 0 Å². The maximum atomic E-state index is 13.0. The van der Waals surface area contributed by atoms with Gasteiger partial charge >= 0.3 is 6.01 Å². The number of hydrogen-bond acceptors (Lipinski definition) is 6. The number of likely N-dealkylation sites (tertiary alicyclic amines) is 1. The molecule has 29 heavy (non-hydrogen) atoms. The largest absolute Gasteiger partial charge is 0.497 e. The lowest BCUT2D eigenvalue weighted by Gasteiger charge is -2.16. The van der Waals surface area contributed by atoms with Gasteiger partial charge in [-0.25, -0.2) is 14.4 Å². The van der Waals surface area contributed by atoms with Gasteiger partial charge in [-0.3, -0.25) is 9.48 Å². The van der Waals surface area contributed by atoms with Crippen LogP contribution >= 0.6 is 0 Å². The number of amides is 1. The van der Waals surface area contributed by atoms with Gasteiger partial charge in [0.25, 0.3) is 5.91 Å². The maximum Gasteiger partial charge on any atom is 0.316 e. The Bertz CT molecular complexity index is 1020. The molecule has 8 nitrogen and oxygen atoms in total. The summed E-state index contributed by atoms with van der Waals surface area (Å²) in [7, 11) is 3.35. The minimum Gasteiger partial charge on any atom is -0.497 e. The Morgan fingerprint density at radius 1 is 1.24 bits per heavy atom. The number of rotatable bonds is 5. The molecule has 1 amide bonds.